The number of rotatable bonds is 35. The maximum absolute atomic E-state index is 12.0. The van der Waals surface area contributed by atoms with Crippen LogP contribution in [0.5, 0.6) is 0 Å². The van der Waals surface area contributed by atoms with E-state index in [-0.39, 0.29) is 148 Å². The van der Waals surface area contributed by atoms with Gasteiger partial charge in [0.25, 0.3) is 6.47 Å². The zero-order chi connectivity index (χ0) is 70.9. The van der Waals surface area contributed by atoms with Crippen LogP contribution < -0.4 is 88.3 Å². The molecule has 5 aromatic carbocycles. The molecule has 5 aromatic rings. The fraction of sp³-hybridized carbons (Fsp3) is 0.459. The summed E-state index contributed by atoms with van der Waals surface area (Å²) in [6.07, 6.45) is 24.3. The molecule has 20 nitrogen and oxygen atoms in total. The molecule has 0 aliphatic rings. The van der Waals surface area contributed by atoms with Crippen molar-refractivity contribution in [2.24, 2.45) is 0 Å². The zero-order valence-corrected chi connectivity index (χ0v) is 64.5. The molecule has 0 aromatic heterocycles. The van der Waals surface area contributed by atoms with E-state index < -0.39 is 36.0 Å². The number of carboxylic acid groups (broad SMARTS) is 3. The van der Waals surface area contributed by atoms with Crippen molar-refractivity contribution in [3.05, 3.63) is 177 Å². The molecule has 1 unspecified atom stereocenters. The van der Waals surface area contributed by atoms with Crippen molar-refractivity contribution in [3.63, 3.8) is 0 Å². The van der Waals surface area contributed by atoms with Crippen LogP contribution >= 0.6 is 23.2 Å². The zero-order valence-electron chi connectivity index (χ0n) is 59.0. The van der Waals surface area contributed by atoms with Crippen LogP contribution in [0.4, 0.5) is 0 Å². The number of unbranched alkanes of at least 4 members (excludes halogenated alkanes) is 16. The largest absolute Gasteiger partial charge is 1.00 e. The third kappa shape index (κ3) is 53.0. The maximum Gasteiger partial charge on any atom is 1.00 e. The van der Waals surface area contributed by atoms with Gasteiger partial charge in [-0.25, -0.2) is 24.0 Å². The molecule has 534 valence electrons. The molecule has 1 atom stereocenters. The predicted octanol–water partition coefficient (Wildman–Crippen LogP) is 6.90. The Bertz CT molecular complexity index is 2920. The summed E-state index contributed by atoms with van der Waals surface area (Å²) in [6, 6.07) is 31.8. The second-order valence-corrected chi connectivity index (χ2v) is 21.9. The topological polar surface area (TPSA) is 344 Å². The number of aliphatic hydroxyl groups excluding tert-OH is 1. The van der Waals surface area contributed by atoms with Gasteiger partial charge in [-0.05, 0) is 97.5 Å². The minimum Gasteiger partial charge on any atom is -0.870 e. The van der Waals surface area contributed by atoms with Gasteiger partial charge < -0.3 is 55.1 Å². The third-order valence-electron chi connectivity index (χ3n) is 13.8. The number of carbonyl (C=O) groups excluding carboxylic acids is 8. The van der Waals surface area contributed by atoms with Crippen LogP contribution in [0.2, 0.25) is 0 Å². The molecule has 99 heavy (non-hydrogen) atoms. The first-order chi connectivity index (χ1) is 45.1. The van der Waals surface area contributed by atoms with Crippen molar-refractivity contribution in [1.82, 2.24) is 0 Å². The summed E-state index contributed by atoms with van der Waals surface area (Å²) < 4.78 is 13.8. The number of esters is 3. The average Bonchev–Trinajstić information content (AvgIpc) is 1.04. The number of carbonyl (C=O) groups is 10. The van der Waals surface area contributed by atoms with Crippen molar-refractivity contribution in [2.75, 3.05) is 26.7 Å². The monoisotopic (exact) mass is 1430 g/mol. The predicted molar refractivity (Wildman–Crippen MR) is 368 cm³/mol. The minimum atomic E-state index is -1.24. The van der Waals surface area contributed by atoms with E-state index in [4.69, 9.17) is 43.5 Å². The summed E-state index contributed by atoms with van der Waals surface area (Å²) in [4.78, 5) is 113. The molecule has 0 amide bonds. The Labute approximate surface area is 652 Å². The Morgan fingerprint density at radius 2 is 0.677 bits per heavy atom. The van der Waals surface area contributed by atoms with Crippen molar-refractivity contribution in [1.29, 1.82) is 0 Å². The standard InChI is InChI=1S/C16H24O3.C16H22O3.2C15H20O3.C9H8O4.CH2Cl2.CH2O3.CH4.Li.2Na.H2O/c2*1-3-4-5-6-7-11-15(17)13-9-8-10-14(12-13)16(18)19-2;2*1-2-3-4-5-6-10-14(16)12-8-7-9-13(11-12)15(17)18;1-13-9(12)7-4-2-3-6(5-7)8(10)11;2-1-3;2-1-4-3;;;;;/h8-10,12,15,17H,3-7,11H2,1-2H3;8-10,12H,3-7,11H2,1-2H3;2*7-9,11H,2-6,10H2,1H3,(H,17,18);2-5H,1H3,(H,10,11);1H2;1,3H;1H4;;;;1H2/q;;;;;;;;3*+1;/p-3. The number of benzene rings is 5. The van der Waals surface area contributed by atoms with Gasteiger partial charge in [-0.3, -0.25) is 19.2 Å². The number of alkyl halides is 2. The Morgan fingerprint density at radius 3 is 0.970 bits per heavy atom. The number of ketones is 3. The molecule has 0 spiro atoms. The number of hydrogen-bond donors (Lipinski definition) is 3. The SMILES string of the molecule is C.CCCCCCCC(=O)c1cccc(C(=O)O)c1.CCCCCCCC(=O)c1cccc(C(=O)OC)c1.CCCCCCCC(=O)c1cccc(C(=O)[O-])c1.CCCCCCCC(O)c1cccc(C(=O)OC)c1.COC(=O)c1cccc(C(=O)O)c1.ClCCl.O=CO[O-].[Li+].[Na+].[Na+].[OH-]. The van der Waals surface area contributed by atoms with E-state index in [9.17, 15) is 53.4 Å². The molecule has 0 bridgehead atoms. The summed E-state index contributed by atoms with van der Waals surface area (Å²) >= 11 is 9.53. The van der Waals surface area contributed by atoms with E-state index in [1.54, 1.807) is 66.7 Å². The summed E-state index contributed by atoms with van der Waals surface area (Å²) in [5.74, 6) is -4.46. The molecular weight excluding hydrogens is 1330 g/mol. The van der Waals surface area contributed by atoms with Crippen LogP contribution in [0.25, 0.3) is 0 Å². The Kier molecular flexibility index (Phi) is 76.5. The van der Waals surface area contributed by atoms with Crippen molar-refractivity contribution < 1.29 is 176 Å². The third-order valence-corrected chi connectivity index (χ3v) is 13.8. The first-order valence-corrected chi connectivity index (χ1v) is 32.8. The van der Waals surface area contributed by atoms with Crippen molar-refractivity contribution >= 4 is 82.8 Å². The molecule has 0 fully saturated rings. The quantitative estimate of drug-likeness (QED) is 0.00427. The Balaban J connectivity index is -0.000000207. The van der Waals surface area contributed by atoms with Crippen LogP contribution in [0.3, 0.4) is 0 Å². The molecule has 0 saturated carbocycles. The molecule has 0 radical (unpaired) electrons. The van der Waals surface area contributed by atoms with Crippen LogP contribution in [-0.4, -0.2) is 107 Å². The van der Waals surface area contributed by atoms with Gasteiger partial charge in [0.1, 0.15) is 0 Å². The van der Waals surface area contributed by atoms with E-state index in [0.717, 1.165) is 69.8 Å². The number of ether oxygens (including phenoxy) is 3. The molecule has 5 rings (SSSR count). The van der Waals surface area contributed by atoms with Gasteiger partial charge in [0.2, 0.25) is 0 Å². The number of methoxy groups -OCH3 is 3. The van der Waals surface area contributed by atoms with Gasteiger partial charge in [0.15, 0.2) is 17.3 Å². The van der Waals surface area contributed by atoms with Crippen molar-refractivity contribution in [2.45, 2.75) is 195 Å². The van der Waals surface area contributed by atoms with Crippen LogP contribution in [0.1, 0.15) is 294 Å². The van der Waals surface area contributed by atoms with E-state index in [0.29, 0.717) is 47.1 Å². The fourth-order valence-electron chi connectivity index (χ4n) is 8.68. The molecule has 0 saturated heterocycles. The van der Waals surface area contributed by atoms with Crippen LogP contribution in [0, 0.1) is 0 Å². The fourth-order valence-corrected chi connectivity index (χ4v) is 8.68. The van der Waals surface area contributed by atoms with Crippen LogP contribution in [-0.2, 0) is 23.9 Å². The number of hydrogen-bond acceptors (Lipinski definition) is 18. The minimum absolute atomic E-state index is 0. The molecule has 0 heterocycles. The summed E-state index contributed by atoms with van der Waals surface area (Å²) in [6.45, 7) is 8.48. The summed E-state index contributed by atoms with van der Waals surface area (Å²) in [5.41, 5.74) is 3.82. The molecule has 25 heteroatoms. The summed E-state index contributed by atoms with van der Waals surface area (Å²) in [5, 5.41) is 46.9. The van der Waals surface area contributed by atoms with Gasteiger partial charge in [-0.2, -0.15) is 0 Å². The van der Waals surface area contributed by atoms with Gasteiger partial charge in [0, 0.05) is 36.0 Å². The van der Waals surface area contributed by atoms with E-state index >= 15 is 0 Å². The number of aliphatic hydroxyl groups is 1. The smallest absolute Gasteiger partial charge is 0.870 e. The Hall–Kier alpha value is -5.54. The number of Topliss-reactive ketones (excluding diaryl/α,β-unsaturated/α-hetero) is 3. The van der Waals surface area contributed by atoms with E-state index in [1.165, 1.54) is 140 Å². The van der Waals surface area contributed by atoms with Crippen molar-refractivity contribution in [3.8, 4) is 0 Å². The van der Waals surface area contributed by atoms with E-state index in [1.807, 2.05) is 6.07 Å². The second-order valence-electron chi connectivity index (χ2n) is 21.1. The van der Waals surface area contributed by atoms with E-state index in [2.05, 4.69) is 46.8 Å². The molecule has 0 aliphatic heterocycles. The normalized spacial score (nSPS) is 9.65. The second kappa shape index (κ2) is 70.9. The molecule has 0 aliphatic carbocycles. The number of aromatic carboxylic acids is 3. The Morgan fingerprint density at radius 1 is 0.434 bits per heavy atom. The van der Waals surface area contributed by atoms with Gasteiger partial charge in [0.05, 0.1) is 66.6 Å². The first-order valence-electron chi connectivity index (χ1n) is 31.7. The number of halogens is 2. The van der Waals surface area contributed by atoms with Gasteiger partial charge in [-0.1, -0.05) is 205 Å². The first kappa shape index (κ1) is 107. The molecular formula is C74H101Cl2LiNa2O20. The molecule has 4 N–H and O–H groups in total. The van der Waals surface area contributed by atoms with Gasteiger partial charge >= 0.3 is 108 Å². The summed E-state index contributed by atoms with van der Waals surface area (Å²) in [7, 11) is 3.94. The van der Waals surface area contributed by atoms with Gasteiger partial charge in [-0.15, -0.1) is 23.2 Å². The maximum atomic E-state index is 12.0. The average molecular weight is 1430 g/mol. The van der Waals surface area contributed by atoms with Crippen LogP contribution in [0.15, 0.2) is 121 Å². The number of carboxylic acids is 3.